The fourth-order valence-corrected chi connectivity index (χ4v) is 1.52. The van der Waals surface area contributed by atoms with Crippen molar-refractivity contribution in [1.82, 2.24) is 0 Å². The molecule has 1 aromatic carbocycles. The molecular weight excluding hydrogens is 246 g/mol. The van der Waals surface area contributed by atoms with Crippen LogP contribution >= 0.6 is 0 Å². The third kappa shape index (κ3) is 2.91. The van der Waals surface area contributed by atoms with E-state index in [0.29, 0.717) is 0 Å². The lowest BCUT2D eigenvalue weighted by Gasteiger charge is -2.25. The highest BCUT2D eigenvalue weighted by molar-refractivity contribution is 5.85. The summed E-state index contributed by atoms with van der Waals surface area (Å²) in [6.45, 7) is 4.87. The molecule has 0 N–H and O–H groups in total. The summed E-state index contributed by atoms with van der Waals surface area (Å²) in [6, 6.07) is 7.71. The average molecular weight is 261 g/mol. The summed E-state index contributed by atoms with van der Waals surface area (Å²) in [5.41, 5.74) is -3.06. The van der Waals surface area contributed by atoms with Gasteiger partial charge in [0.2, 0.25) is 0 Å². The van der Waals surface area contributed by atoms with Gasteiger partial charge in [-0.3, -0.25) is 10.1 Å². The zero-order valence-corrected chi connectivity index (χ0v) is 11.0. The van der Waals surface area contributed by atoms with Gasteiger partial charge >= 0.3 is 11.5 Å². The number of ether oxygens (including phenoxy) is 1. The molecule has 0 aliphatic heterocycles. The van der Waals surface area contributed by atoms with Crippen LogP contribution in [0, 0.1) is 22.5 Å². The van der Waals surface area contributed by atoms with Crippen molar-refractivity contribution in [3.8, 4) is 12.3 Å². The van der Waals surface area contributed by atoms with Crippen molar-refractivity contribution in [1.29, 1.82) is 0 Å². The normalized spacial score (nSPS) is 14.0. The highest BCUT2D eigenvalue weighted by atomic mass is 16.6. The number of hydrogen-bond donors (Lipinski definition) is 0. The van der Waals surface area contributed by atoms with Crippen LogP contribution in [0.3, 0.4) is 0 Å². The monoisotopic (exact) mass is 261 g/mol. The average Bonchev–Trinajstić information content (AvgIpc) is 2.29. The van der Waals surface area contributed by atoms with Gasteiger partial charge in [0.1, 0.15) is 5.60 Å². The number of carbonyl (C=O) groups is 1. The summed E-state index contributed by atoms with van der Waals surface area (Å²) in [5, 5.41) is 11.3. The first-order chi connectivity index (χ1) is 8.74. The summed E-state index contributed by atoms with van der Waals surface area (Å²) in [5.74, 6) is 0.923. The quantitative estimate of drug-likeness (QED) is 0.362. The van der Waals surface area contributed by atoms with E-state index in [0.717, 1.165) is 0 Å². The van der Waals surface area contributed by atoms with Crippen molar-refractivity contribution in [3.05, 3.63) is 46.0 Å². The van der Waals surface area contributed by atoms with Crippen molar-refractivity contribution in [2.24, 2.45) is 0 Å². The van der Waals surface area contributed by atoms with E-state index in [-0.39, 0.29) is 5.56 Å². The van der Waals surface area contributed by atoms with Crippen molar-refractivity contribution in [2.75, 3.05) is 0 Å². The molecule has 100 valence electrons. The molecule has 19 heavy (non-hydrogen) atoms. The van der Waals surface area contributed by atoms with Gasteiger partial charge in [0.15, 0.2) is 0 Å². The third-order valence-corrected chi connectivity index (χ3v) is 2.37. The zero-order valence-electron chi connectivity index (χ0n) is 11.0. The van der Waals surface area contributed by atoms with E-state index in [4.69, 9.17) is 11.2 Å². The second-order valence-corrected chi connectivity index (χ2v) is 4.98. The molecule has 0 bridgehead atoms. The fraction of sp³-hybridized carbons (Fsp3) is 0.357. The number of nitrogens with zero attached hydrogens (tertiary/aromatic N) is 1. The Morgan fingerprint density at radius 3 is 2.21 bits per heavy atom. The maximum atomic E-state index is 12.1. The summed E-state index contributed by atoms with van der Waals surface area (Å²) in [6.07, 6.45) is 5.27. The van der Waals surface area contributed by atoms with E-state index in [1.54, 1.807) is 39.0 Å². The molecule has 0 aliphatic rings. The van der Waals surface area contributed by atoms with Crippen LogP contribution in [0.1, 0.15) is 26.3 Å². The van der Waals surface area contributed by atoms with Gasteiger partial charge in [-0.25, -0.2) is 4.79 Å². The topological polar surface area (TPSA) is 69.4 Å². The molecule has 1 unspecified atom stereocenters. The zero-order chi connectivity index (χ0) is 14.7. The van der Waals surface area contributed by atoms with Gasteiger partial charge in [0, 0.05) is 0 Å². The highest BCUT2D eigenvalue weighted by Gasteiger charge is 2.54. The minimum Gasteiger partial charge on any atom is -0.454 e. The first-order valence-corrected chi connectivity index (χ1v) is 5.65. The predicted molar refractivity (Wildman–Crippen MR) is 69.8 cm³/mol. The van der Waals surface area contributed by atoms with E-state index in [2.05, 4.69) is 0 Å². The lowest BCUT2D eigenvalue weighted by Crippen LogP contribution is -2.46. The number of rotatable bonds is 3. The second kappa shape index (κ2) is 5.11. The summed E-state index contributed by atoms with van der Waals surface area (Å²) in [7, 11) is 0. The van der Waals surface area contributed by atoms with Crippen molar-refractivity contribution >= 4 is 5.97 Å². The Morgan fingerprint density at radius 1 is 1.32 bits per heavy atom. The van der Waals surface area contributed by atoms with Gasteiger partial charge in [0.05, 0.1) is 10.5 Å². The van der Waals surface area contributed by atoms with E-state index in [1.165, 1.54) is 12.1 Å². The SMILES string of the molecule is C#CC(C(=O)OC(C)(C)C)(c1ccccc1)[N+](=O)[O-]. The first-order valence-electron chi connectivity index (χ1n) is 5.65. The maximum Gasteiger partial charge on any atom is 0.403 e. The van der Waals surface area contributed by atoms with Gasteiger partial charge in [0.25, 0.3) is 0 Å². The smallest absolute Gasteiger partial charge is 0.403 e. The fourth-order valence-electron chi connectivity index (χ4n) is 1.52. The van der Waals surface area contributed by atoms with Gasteiger partial charge in [-0.2, -0.15) is 0 Å². The minimum absolute atomic E-state index is 0.108. The maximum absolute atomic E-state index is 12.1. The Morgan fingerprint density at radius 2 is 1.84 bits per heavy atom. The summed E-state index contributed by atoms with van der Waals surface area (Å²) < 4.78 is 5.09. The van der Waals surface area contributed by atoms with Gasteiger partial charge in [-0.15, -0.1) is 6.42 Å². The number of nitro groups is 1. The van der Waals surface area contributed by atoms with E-state index in [9.17, 15) is 14.9 Å². The molecule has 1 atom stereocenters. The molecular formula is C14H15NO4. The molecule has 0 radical (unpaired) electrons. The molecule has 5 nitrogen and oxygen atoms in total. The van der Waals surface area contributed by atoms with Crippen LogP contribution in [0.15, 0.2) is 30.3 Å². The number of esters is 1. The summed E-state index contributed by atoms with van der Waals surface area (Å²) >= 11 is 0. The standard InChI is InChI=1S/C14H15NO4/c1-5-14(15(17)18,11-9-7-6-8-10-11)12(16)19-13(2,3)4/h1,6-10H,2-4H3. The second-order valence-electron chi connectivity index (χ2n) is 4.98. The number of benzene rings is 1. The lowest BCUT2D eigenvalue weighted by molar-refractivity contribution is -0.546. The van der Waals surface area contributed by atoms with E-state index < -0.39 is 22.0 Å². The van der Waals surface area contributed by atoms with E-state index in [1.807, 2.05) is 5.92 Å². The van der Waals surface area contributed by atoms with Crippen LogP contribution in [0.4, 0.5) is 0 Å². The van der Waals surface area contributed by atoms with Crippen molar-refractivity contribution in [2.45, 2.75) is 31.9 Å². The lowest BCUT2D eigenvalue weighted by atomic mass is 9.91. The number of hydrogen-bond acceptors (Lipinski definition) is 4. The molecule has 1 aromatic rings. The van der Waals surface area contributed by atoms with Crippen molar-refractivity contribution < 1.29 is 14.5 Å². The van der Waals surface area contributed by atoms with Crippen molar-refractivity contribution in [3.63, 3.8) is 0 Å². The summed E-state index contributed by atoms with van der Waals surface area (Å²) in [4.78, 5) is 22.7. The Balaban J connectivity index is 3.35. The first kappa shape index (κ1) is 14.7. The predicted octanol–water partition coefficient (Wildman–Crippen LogP) is 2.13. The van der Waals surface area contributed by atoms with Crippen LogP contribution in [0.5, 0.6) is 0 Å². The molecule has 0 aromatic heterocycles. The molecule has 1 rings (SSSR count). The molecule has 0 fully saturated rings. The van der Waals surface area contributed by atoms with Crippen LogP contribution in [0.25, 0.3) is 0 Å². The number of terminal acetylenes is 1. The Hall–Kier alpha value is -2.35. The molecule has 0 saturated heterocycles. The Kier molecular flexibility index (Phi) is 3.95. The largest absolute Gasteiger partial charge is 0.454 e. The highest BCUT2D eigenvalue weighted by Crippen LogP contribution is 2.28. The minimum atomic E-state index is -2.31. The third-order valence-electron chi connectivity index (χ3n) is 2.37. The molecule has 0 heterocycles. The van der Waals surface area contributed by atoms with Gasteiger partial charge < -0.3 is 4.74 Å². The molecule has 5 heteroatoms. The van der Waals surface area contributed by atoms with E-state index >= 15 is 0 Å². The molecule has 0 amide bonds. The Bertz CT molecular complexity index is 525. The van der Waals surface area contributed by atoms with Crippen LogP contribution in [-0.2, 0) is 15.1 Å². The molecule has 0 spiro atoms. The van der Waals surface area contributed by atoms with Gasteiger partial charge in [-0.1, -0.05) is 30.3 Å². The molecule has 0 aliphatic carbocycles. The van der Waals surface area contributed by atoms with Gasteiger partial charge in [-0.05, 0) is 26.7 Å². The van der Waals surface area contributed by atoms with Crippen LogP contribution in [0.2, 0.25) is 0 Å². The Labute approximate surface area is 111 Å². The van der Waals surface area contributed by atoms with Crippen LogP contribution in [-0.4, -0.2) is 16.5 Å². The molecule has 0 saturated carbocycles. The number of carbonyl (C=O) groups excluding carboxylic acids is 1. The van der Waals surface area contributed by atoms with Crippen LogP contribution < -0.4 is 0 Å².